The summed E-state index contributed by atoms with van der Waals surface area (Å²) in [6.45, 7) is 3.88. The highest BCUT2D eigenvalue weighted by Crippen LogP contribution is 2.28. The van der Waals surface area contributed by atoms with Gasteiger partial charge in [-0.3, -0.25) is 4.79 Å². The number of nitrogens with one attached hydrogen (secondary N) is 1. The number of hydrogen-bond acceptors (Lipinski definition) is 6. The molecule has 2 aliphatic heterocycles. The van der Waals surface area contributed by atoms with Crippen molar-refractivity contribution in [2.45, 2.75) is 24.3 Å². The lowest BCUT2D eigenvalue weighted by atomic mass is 9.99. The van der Waals surface area contributed by atoms with Crippen LogP contribution in [0, 0.1) is 0 Å². The van der Waals surface area contributed by atoms with Gasteiger partial charge in [0.15, 0.2) is 0 Å². The number of amides is 1. The smallest absolute Gasteiger partial charge is 0.253 e. The monoisotopic (exact) mass is 472 g/mol. The number of anilines is 2. The van der Waals surface area contributed by atoms with Gasteiger partial charge in [0, 0.05) is 58.7 Å². The Hall–Kier alpha value is -2.62. The summed E-state index contributed by atoms with van der Waals surface area (Å²) in [6, 6.07) is 11.1. The lowest BCUT2D eigenvalue weighted by molar-refractivity contribution is 0.0949. The summed E-state index contributed by atoms with van der Waals surface area (Å²) in [5, 5.41) is 3.00. The van der Waals surface area contributed by atoms with E-state index in [1.165, 1.54) is 31.4 Å². The zero-order valence-corrected chi connectivity index (χ0v) is 20.3. The van der Waals surface area contributed by atoms with Crippen LogP contribution in [0.3, 0.4) is 0 Å². The largest absolute Gasteiger partial charge is 0.378 e. The molecule has 2 aromatic rings. The topological polar surface area (TPSA) is 82.2 Å². The van der Waals surface area contributed by atoms with Crippen LogP contribution < -0.4 is 15.1 Å². The van der Waals surface area contributed by atoms with E-state index >= 15 is 0 Å². The number of ether oxygens (including phenoxy) is 1. The van der Waals surface area contributed by atoms with Crippen LogP contribution >= 0.6 is 0 Å². The fraction of sp³-hybridized carbons (Fsp3) is 0.458. The van der Waals surface area contributed by atoms with E-state index in [0.717, 1.165) is 34.9 Å². The number of aryl methyl sites for hydroxylation is 1. The molecule has 1 saturated heterocycles. The maximum Gasteiger partial charge on any atom is 0.253 e. The number of morpholine rings is 1. The molecule has 0 saturated carbocycles. The van der Waals surface area contributed by atoms with Crippen molar-refractivity contribution in [2.24, 2.45) is 0 Å². The number of rotatable bonds is 6. The van der Waals surface area contributed by atoms with Crippen molar-refractivity contribution in [3.05, 3.63) is 53.1 Å². The first kappa shape index (κ1) is 23.5. The molecule has 0 aliphatic carbocycles. The Kier molecular flexibility index (Phi) is 6.92. The lowest BCUT2D eigenvalue weighted by Gasteiger charge is -2.30. The molecule has 0 unspecified atom stereocenters. The number of hydrogen-bond donors (Lipinski definition) is 1. The average Bonchev–Trinajstić information content (AvgIpc) is 2.82. The highest BCUT2D eigenvalue weighted by Gasteiger charge is 2.24. The molecule has 1 fully saturated rings. The minimum absolute atomic E-state index is 0.103. The number of sulfonamides is 1. The molecule has 0 spiro atoms. The fourth-order valence-corrected chi connectivity index (χ4v) is 5.30. The van der Waals surface area contributed by atoms with Gasteiger partial charge < -0.3 is 19.9 Å². The van der Waals surface area contributed by atoms with Gasteiger partial charge in [-0.1, -0.05) is 12.1 Å². The van der Waals surface area contributed by atoms with Crippen LogP contribution in [-0.4, -0.2) is 72.6 Å². The van der Waals surface area contributed by atoms with Crippen molar-refractivity contribution in [1.82, 2.24) is 9.62 Å². The van der Waals surface area contributed by atoms with Gasteiger partial charge in [0.2, 0.25) is 10.0 Å². The zero-order chi connectivity index (χ0) is 23.6. The van der Waals surface area contributed by atoms with Crippen LogP contribution in [0.25, 0.3) is 0 Å². The molecule has 1 amide bonds. The SMILES string of the molecule is CN1CCCc2cc(CNC(=O)c3cc(S(=O)(=O)N(C)C)ccc3N3CCOCC3)ccc21. The third-order valence-electron chi connectivity index (χ3n) is 6.29. The van der Waals surface area contributed by atoms with E-state index in [4.69, 9.17) is 4.74 Å². The second-order valence-corrected chi connectivity index (χ2v) is 10.9. The highest BCUT2D eigenvalue weighted by atomic mass is 32.2. The Balaban J connectivity index is 1.59. The molecular formula is C24H32N4O4S. The fourth-order valence-electron chi connectivity index (χ4n) is 4.37. The van der Waals surface area contributed by atoms with Crippen molar-refractivity contribution >= 4 is 27.3 Å². The molecule has 2 aromatic carbocycles. The van der Waals surface area contributed by atoms with Gasteiger partial charge in [0.1, 0.15) is 0 Å². The molecular weight excluding hydrogens is 440 g/mol. The van der Waals surface area contributed by atoms with Crippen LogP contribution in [0.5, 0.6) is 0 Å². The molecule has 0 atom stereocenters. The summed E-state index contributed by atoms with van der Waals surface area (Å²) < 4.78 is 32.0. The molecule has 9 heteroatoms. The molecule has 1 N–H and O–H groups in total. The van der Waals surface area contributed by atoms with Crippen molar-refractivity contribution < 1.29 is 17.9 Å². The predicted octanol–water partition coefficient (Wildman–Crippen LogP) is 2.09. The summed E-state index contributed by atoms with van der Waals surface area (Å²) >= 11 is 0. The van der Waals surface area contributed by atoms with E-state index in [1.807, 2.05) is 6.07 Å². The van der Waals surface area contributed by atoms with Crippen molar-refractivity contribution in [2.75, 3.05) is 63.8 Å². The maximum absolute atomic E-state index is 13.3. The molecule has 33 heavy (non-hydrogen) atoms. The summed E-state index contributed by atoms with van der Waals surface area (Å²) in [7, 11) is 1.41. The molecule has 0 aromatic heterocycles. The third-order valence-corrected chi connectivity index (χ3v) is 8.10. The summed E-state index contributed by atoms with van der Waals surface area (Å²) in [5.41, 5.74) is 4.65. The Morgan fingerprint density at radius 3 is 2.52 bits per heavy atom. The number of carbonyl (C=O) groups is 1. The van der Waals surface area contributed by atoms with Crippen LogP contribution in [-0.2, 0) is 27.7 Å². The van der Waals surface area contributed by atoms with E-state index in [9.17, 15) is 13.2 Å². The van der Waals surface area contributed by atoms with Gasteiger partial charge in [-0.15, -0.1) is 0 Å². The van der Waals surface area contributed by atoms with E-state index < -0.39 is 10.0 Å². The number of nitrogens with zero attached hydrogens (tertiary/aromatic N) is 3. The normalized spacial score (nSPS) is 16.6. The quantitative estimate of drug-likeness (QED) is 0.693. The van der Waals surface area contributed by atoms with Crippen LogP contribution in [0.2, 0.25) is 0 Å². The number of fused-ring (bicyclic) bond motifs is 1. The van der Waals surface area contributed by atoms with Crippen LogP contribution in [0.1, 0.15) is 27.9 Å². The minimum atomic E-state index is -3.66. The lowest BCUT2D eigenvalue weighted by Crippen LogP contribution is -2.38. The second-order valence-electron chi connectivity index (χ2n) is 8.74. The molecule has 2 aliphatic rings. The van der Waals surface area contributed by atoms with Crippen LogP contribution in [0.15, 0.2) is 41.3 Å². The Morgan fingerprint density at radius 1 is 1.06 bits per heavy atom. The van der Waals surface area contributed by atoms with Gasteiger partial charge in [0.25, 0.3) is 5.91 Å². The Bertz CT molecular complexity index is 1130. The predicted molar refractivity (Wildman–Crippen MR) is 130 cm³/mol. The zero-order valence-electron chi connectivity index (χ0n) is 19.5. The van der Waals surface area contributed by atoms with E-state index in [-0.39, 0.29) is 10.8 Å². The number of carbonyl (C=O) groups excluding carboxylic acids is 1. The Morgan fingerprint density at radius 2 is 1.79 bits per heavy atom. The van der Waals surface area contributed by atoms with Gasteiger partial charge in [-0.05, 0) is 48.2 Å². The van der Waals surface area contributed by atoms with Gasteiger partial charge in [-0.25, -0.2) is 12.7 Å². The van der Waals surface area contributed by atoms with Crippen LogP contribution in [0.4, 0.5) is 11.4 Å². The first-order chi connectivity index (χ1) is 15.8. The minimum Gasteiger partial charge on any atom is -0.378 e. The molecule has 8 nitrogen and oxygen atoms in total. The molecule has 0 radical (unpaired) electrons. The summed E-state index contributed by atoms with van der Waals surface area (Å²) in [5.74, 6) is -0.290. The van der Waals surface area contributed by atoms with Gasteiger partial charge in [-0.2, -0.15) is 0 Å². The van der Waals surface area contributed by atoms with E-state index in [1.54, 1.807) is 12.1 Å². The van der Waals surface area contributed by atoms with Crippen molar-refractivity contribution in [1.29, 1.82) is 0 Å². The third kappa shape index (κ3) is 5.00. The Labute approximate surface area is 196 Å². The second kappa shape index (κ2) is 9.70. The van der Waals surface area contributed by atoms with Crippen molar-refractivity contribution in [3.8, 4) is 0 Å². The van der Waals surface area contributed by atoms with Gasteiger partial charge in [0.05, 0.1) is 23.7 Å². The van der Waals surface area contributed by atoms with E-state index in [0.29, 0.717) is 38.4 Å². The molecule has 4 rings (SSSR count). The number of benzene rings is 2. The first-order valence-corrected chi connectivity index (χ1v) is 12.7. The first-order valence-electron chi connectivity index (χ1n) is 11.3. The summed E-state index contributed by atoms with van der Waals surface area (Å²) in [4.78, 5) is 17.7. The molecule has 178 valence electrons. The van der Waals surface area contributed by atoms with Gasteiger partial charge >= 0.3 is 0 Å². The standard InChI is InChI=1S/C24H32N4O4S/c1-26(2)33(30,31)20-7-9-23(28-11-13-32-14-12-28)21(16-20)24(29)25-17-18-6-8-22-19(15-18)5-4-10-27(22)3/h6-9,15-16H,4-5,10-14,17H2,1-3H3,(H,25,29). The molecule has 2 heterocycles. The molecule has 0 bridgehead atoms. The highest BCUT2D eigenvalue weighted by molar-refractivity contribution is 7.89. The van der Waals surface area contributed by atoms with E-state index in [2.05, 4.69) is 34.3 Å². The summed E-state index contributed by atoms with van der Waals surface area (Å²) in [6.07, 6.45) is 2.16. The maximum atomic E-state index is 13.3. The van der Waals surface area contributed by atoms with Crippen molar-refractivity contribution in [3.63, 3.8) is 0 Å². The average molecular weight is 473 g/mol.